The van der Waals surface area contributed by atoms with Crippen LogP contribution in [0.4, 0.5) is 5.69 Å². The highest BCUT2D eigenvalue weighted by Crippen LogP contribution is 2.18. The molecule has 3 N–H and O–H groups in total. The first kappa shape index (κ1) is 12.6. The number of nitro groups is 1. The maximum absolute atomic E-state index is 10.7. The van der Waals surface area contributed by atoms with E-state index < -0.39 is 0 Å². The van der Waals surface area contributed by atoms with Crippen LogP contribution in [0.15, 0.2) is 18.2 Å². The highest BCUT2D eigenvalue weighted by Gasteiger charge is 2.10. The zero-order chi connectivity index (χ0) is 12.0. The van der Waals surface area contributed by atoms with Crippen molar-refractivity contribution in [2.75, 3.05) is 13.1 Å². The highest BCUT2D eigenvalue weighted by molar-refractivity contribution is 5.42. The van der Waals surface area contributed by atoms with E-state index in [9.17, 15) is 10.1 Å². The summed E-state index contributed by atoms with van der Waals surface area (Å²) in [6, 6.07) is 5.29. The second kappa shape index (κ2) is 6.19. The smallest absolute Gasteiger partial charge is 0.272 e. The Morgan fingerprint density at radius 2 is 2.25 bits per heavy atom. The van der Waals surface area contributed by atoms with Crippen molar-refractivity contribution in [3.63, 3.8) is 0 Å². The Bertz CT molecular complexity index is 366. The van der Waals surface area contributed by atoms with Crippen LogP contribution in [0.1, 0.15) is 17.5 Å². The van der Waals surface area contributed by atoms with E-state index >= 15 is 0 Å². The molecule has 0 heterocycles. The molecule has 1 aromatic rings. The minimum Gasteiger partial charge on any atom is -0.330 e. The molecule has 5 nitrogen and oxygen atoms in total. The average molecular weight is 223 g/mol. The van der Waals surface area contributed by atoms with Crippen LogP contribution < -0.4 is 11.1 Å². The van der Waals surface area contributed by atoms with Crippen molar-refractivity contribution in [1.29, 1.82) is 0 Å². The molecule has 0 spiro atoms. The molecule has 0 fully saturated rings. The lowest BCUT2D eigenvalue weighted by Crippen LogP contribution is -2.17. The summed E-state index contributed by atoms with van der Waals surface area (Å²) in [5.74, 6) is 0. The molecular formula is C11H17N3O2. The summed E-state index contributed by atoms with van der Waals surface area (Å²) < 4.78 is 0. The Hall–Kier alpha value is -1.46. The molecule has 0 bridgehead atoms. The Balaban J connectivity index is 2.61. The normalized spacial score (nSPS) is 10.4. The summed E-state index contributed by atoms with van der Waals surface area (Å²) >= 11 is 0. The molecule has 0 unspecified atom stereocenters. The Labute approximate surface area is 94.8 Å². The Morgan fingerprint density at radius 1 is 1.50 bits per heavy atom. The lowest BCUT2D eigenvalue weighted by molar-refractivity contribution is -0.385. The number of nitro benzene ring substituents is 1. The monoisotopic (exact) mass is 223 g/mol. The van der Waals surface area contributed by atoms with Crippen LogP contribution in [0.5, 0.6) is 0 Å². The summed E-state index contributed by atoms with van der Waals surface area (Å²) in [7, 11) is 0. The van der Waals surface area contributed by atoms with Gasteiger partial charge in [-0.1, -0.05) is 12.1 Å². The molecule has 0 aliphatic carbocycles. The highest BCUT2D eigenvalue weighted by atomic mass is 16.6. The molecule has 1 rings (SSSR count). The molecule has 0 radical (unpaired) electrons. The van der Waals surface area contributed by atoms with Gasteiger partial charge in [-0.2, -0.15) is 0 Å². The van der Waals surface area contributed by atoms with E-state index in [0.29, 0.717) is 18.7 Å². The number of hydrogen-bond donors (Lipinski definition) is 2. The number of aryl methyl sites for hydroxylation is 1. The molecule has 1 aromatic carbocycles. The Kier molecular flexibility index (Phi) is 4.88. The van der Waals surface area contributed by atoms with Crippen LogP contribution in [0.25, 0.3) is 0 Å². The van der Waals surface area contributed by atoms with Crippen LogP contribution in [0.3, 0.4) is 0 Å². The number of benzene rings is 1. The first-order chi connectivity index (χ1) is 7.65. The fourth-order valence-electron chi connectivity index (χ4n) is 1.42. The second-order valence-corrected chi connectivity index (χ2v) is 3.70. The van der Waals surface area contributed by atoms with Gasteiger partial charge in [0, 0.05) is 18.2 Å². The molecule has 0 saturated heterocycles. The number of rotatable bonds is 6. The van der Waals surface area contributed by atoms with E-state index in [0.717, 1.165) is 18.5 Å². The maximum Gasteiger partial charge on any atom is 0.272 e. The minimum atomic E-state index is -0.348. The summed E-state index contributed by atoms with van der Waals surface area (Å²) in [6.45, 7) is 3.87. The minimum absolute atomic E-state index is 0.179. The fourth-order valence-corrected chi connectivity index (χ4v) is 1.42. The first-order valence-electron chi connectivity index (χ1n) is 5.30. The summed E-state index contributed by atoms with van der Waals surface area (Å²) in [5, 5.41) is 13.9. The molecule has 0 aliphatic rings. The average Bonchev–Trinajstić information content (AvgIpc) is 2.26. The van der Waals surface area contributed by atoms with Crippen molar-refractivity contribution in [3.8, 4) is 0 Å². The zero-order valence-electron chi connectivity index (χ0n) is 9.40. The van der Waals surface area contributed by atoms with Gasteiger partial charge in [0.15, 0.2) is 0 Å². The van der Waals surface area contributed by atoms with E-state index in [4.69, 9.17) is 5.73 Å². The second-order valence-electron chi connectivity index (χ2n) is 3.70. The van der Waals surface area contributed by atoms with Gasteiger partial charge in [0.1, 0.15) is 0 Å². The fraction of sp³-hybridized carbons (Fsp3) is 0.455. The summed E-state index contributed by atoms with van der Waals surface area (Å²) in [6.07, 6.45) is 0.911. The van der Waals surface area contributed by atoms with Crippen molar-refractivity contribution in [2.45, 2.75) is 19.9 Å². The van der Waals surface area contributed by atoms with Crippen molar-refractivity contribution >= 4 is 5.69 Å². The van der Waals surface area contributed by atoms with Gasteiger partial charge in [-0.25, -0.2) is 0 Å². The van der Waals surface area contributed by atoms with Gasteiger partial charge in [0.05, 0.1) is 4.92 Å². The van der Waals surface area contributed by atoms with Gasteiger partial charge >= 0.3 is 0 Å². The molecule has 0 amide bonds. The third kappa shape index (κ3) is 3.60. The quantitative estimate of drug-likeness (QED) is 0.433. The van der Waals surface area contributed by atoms with E-state index in [2.05, 4.69) is 5.32 Å². The largest absolute Gasteiger partial charge is 0.330 e. The van der Waals surface area contributed by atoms with Gasteiger partial charge in [0.25, 0.3) is 5.69 Å². The summed E-state index contributed by atoms with van der Waals surface area (Å²) in [5.41, 5.74) is 7.16. The molecule has 5 heteroatoms. The first-order valence-corrected chi connectivity index (χ1v) is 5.30. The van der Waals surface area contributed by atoms with Gasteiger partial charge in [-0.3, -0.25) is 10.1 Å². The number of hydrogen-bond acceptors (Lipinski definition) is 4. The molecule has 16 heavy (non-hydrogen) atoms. The van der Waals surface area contributed by atoms with E-state index in [1.165, 1.54) is 0 Å². The third-order valence-electron chi connectivity index (χ3n) is 2.36. The lowest BCUT2D eigenvalue weighted by Gasteiger charge is -2.05. The van der Waals surface area contributed by atoms with Crippen LogP contribution in [-0.4, -0.2) is 18.0 Å². The molecule has 0 aliphatic heterocycles. The molecule has 0 atom stereocenters. The lowest BCUT2D eigenvalue weighted by atomic mass is 10.1. The predicted octanol–water partition coefficient (Wildman–Crippen LogP) is 1.34. The van der Waals surface area contributed by atoms with Crippen LogP contribution in [0, 0.1) is 17.0 Å². The van der Waals surface area contributed by atoms with E-state index in [1.807, 2.05) is 6.07 Å². The van der Waals surface area contributed by atoms with Gasteiger partial charge in [0.2, 0.25) is 0 Å². The SMILES string of the molecule is Cc1ccc(CNCCCN)cc1[N+](=O)[O-]. The van der Waals surface area contributed by atoms with Crippen molar-refractivity contribution in [2.24, 2.45) is 5.73 Å². The number of nitrogens with two attached hydrogens (primary N) is 1. The molecular weight excluding hydrogens is 206 g/mol. The predicted molar refractivity (Wildman–Crippen MR) is 63.2 cm³/mol. The van der Waals surface area contributed by atoms with Crippen molar-refractivity contribution < 1.29 is 4.92 Å². The van der Waals surface area contributed by atoms with E-state index in [-0.39, 0.29) is 10.6 Å². The van der Waals surface area contributed by atoms with E-state index in [1.54, 1.807) is 19.1 Å². The van der Waals surface area contributed by atoms with Gasteiger partial charge in [-0.15, -0.1) is 0 Å². The van der Waals surface area contributed by atoms with Gasteiger partial charge in [-0.05, 0) is 32.0 Å². The molecule has 88 valence electrons. The van der Waals surface area contributed by atoms with Crippen LogP contribution in [0.2, 0.25) is 0 Å². The Morgan fingerprint density at radius 3 is 2.88 bits per heavy atom. The van der Waals surface area contributed by atoms with Crippen LogP contribution in [-0.2, 0) is 6.54 Å². The third-order valence-corrected chi connectivity index (χ3v) is 2.36. The standard InChI is InChI=1S/C11H17N3O2/c1-9-3-4-10(7-11(9)14(15)16)8-13-6-2-5-12/h3-4,7,13H,2,5-6,8,12H2,1H3. The number of nitrogens with one attached hydrogen (secondary N) is 1. The summed E-state index contributed by atoms with van der Waals surface area (Å²) in [4.78, 5) is 10.4. The van der Waals surface area contributed by atoms with Crippen molar-refractivity contribution in [3.05, 3.63) is 39.4 Å². The van der Waals surface area contributed by atoms with Crippen LogP contribution >= 0.6 is 0 Å². The van der Waals surface area contributed by atoms with Gasteiger partial charge < -0.3 is 11.1 Å². The molecule has 0 saturated carbocycles. The maximum atomic E-state index is 10.7. The molecule has 0 aromatic heterocycles. The van der Waals surface area contributed by atoms with Crippen molar-refractivity contribution in [1.82, 2.24) is 5.32 Å². The number of nitrogens with zero attached hydrogens (tertiary/aromatic N) is 1. The topological polar surface area (TPSA) is 81.2 Å². The zero-order valence-corrected chi connectivity index (χ0v) is 9.40.